The molecule has 3 N–H and O–H groups in total. The van der Waals surface area contributed by atoms with Crippen molar-refractivity contribution in [2.24, 2.45) is 0 Å². The van der Waals surface area contributed by atoms with Crippen LogP contribution in [0.15, 0.2) is 46.9 Å². The number of rotatable bonds is 2. The highest BCUT2D eigenvalue weighted by molar-refractivity contribution is 9.10. The molecule has 0 fully saturated rings. The smallest absolute Gasteiger partial charge is 0.267 e. The van der Waals surface area contributed by atoms with Gasteiger partial charge >= 0.3 is 0 Å². The number of hydrogen-bond donors (Lipinski definition) is 2. The van der Waals surface area contributed by atoms with Crippen molar-refractivity contribution >= 4 is 54.6 Å². The summed E-state index contributed by atoms with van der Waals surface area (Å²) in [7, 11) is 0. The SMILES string of the molecule is Cc1ccc(NC(=O)c2sc3ccc(Br)cc3c2N)cc1. The second-order valence-corrected chi connectivity index (χ2v) is 6.77. The van der Waals surface area contributed by atoms with Crippen molar-refractivity contribution in [1.29, 1.82) is 0 Å². The van der Waals surface area contributed by atoms with Gasteiger partial charge in [0.25, 0.3) is 5.91 Å². The molecule has 106 valence electrons. The standard InChI is InChI=1S/C16H13BrN2OS/c1-9-2-5-11(6-3-9)19-16(20)15-14(18)12-8-10(17)4-7-13(12)21-15/h2-8H,18H2,1H3,(H,19,20). The van der Waals surface area contributed by atoms with Gasteiger partial charge in [-0.05, 0) is 37.3 Å². The summed E-state index contributed by atoms with van der Waals surface area (Å²) in [6, 6.07) is 13.5. The molecule has 2 aromatic carbocycles. The van der Waals surface area contributed by atoms with Crippen LogP contribution in [0.25, 0.3) is 10.1 Å². The largest absolute Gasteiger partial charge is 0.397 e. The van der Waals surface area contributed by atoms with Gasteiger partial charge in [-0.15, -0.1) is 11.3 Å². The lowest BCUT2D eigenvalue weighted by atomic mass is 10.2. The van der Waals surface area contributed by atoms with E-state index in [9.17, 15) is 4.79 Å². The Morgan fingerprint density at radius 3 is 2.62 bits per heavy atom. The molecule has 0 aliphatic heterocycles. The highest BCUT2D eigenvalue weighted by Crippen LogP contribution is 2.35. The quantitative estimate of drug-likeness (QED) is 0.688. The zero-order valence-corrected chi connectivity index (χ0v) is 13.7. The predicted octanol–water partition coefficient (Wildman–Crippen LogP) is 4.81. The van der Waals surface area contributed by atoms with E-state index < -0.39 is 0 Å². The summed E-state index contributed by atoms with van der Waals surface area (Å²) in [6.45, 7) is 2.01. The van der Waals surface area contributed by atoms with Gasteiger partial charge in [0, 0.05) is 20.2 Å². The Hall–Kier alpha value is -1.85. The third kappa shape index (κ3) is 2.80. The normalized spacial score (nSPS) is 10.8. The van der Waals surface area contributed by atoms with E-state index in [0.29, 0.717) is 10.6 Å². The number of thiophene rings is 1. The van der Waals surface area contributed by atoms with E-state index in [1.165, 1.54) is 11.3 Å². The molecule has 21 heavy (non-hydrogen) atoms. The van der Waals surface area contributed by atoms with E-state index in [2.05, 4.69) is 21.2 Å². The first-order valence-electron chi connectivity index (χ1n) is 6.40. The van der Waals surface area contributed by atoms with Crippen LogP contribution in [-0.2, 0) is 0 Å². The van der Waals surface area contributed by atoms with Crippen molar-refractivity contribution in [3.8, 4) is 0 Å². The van der Waals surface area contributed by atoms with Crippen LogP contribution in [0.5, 0.6) is 0 Å². The topological polar surface area (TPSA) is 55.1 Å². The highest BCUT2D eigenvalue weighted by atomic mass is 79.9. The number of benzene rings is 2. The molecule has 3 aromatic rings. The molecule has 1 amide bonds. The summed E-state index contributed by atoms with van der Waals surface area (Å²) in [5.74, 6) is -0.173. The van der Waals surface area contributed by atoms with E-state index in [4.69, 9.17) is 5.73 Å². The Labute approximate surface area is 134 Å². The molecule has 0 unspecified atom stereocenters. The number of aryl methyl sites for hydroxylation is 1. The Bertz CT molecular complexity index is 824. The molecule has 0 bridgehead atoms. The monoisotopic (exact) mass is 360 g/mol. The number of nitrogens with two attached hydrogens (primary N) is 1. The third-order valence-electron chi connectivity index (χ3n) is 3.20. The van der Waals surface area contributed by atoms with Gasteiger partial charge in [0.05, 0.1) is 5.69 Å². The van der Waals surface area contributed by atoms with E-state index in [0.717, 1.165) is 25.8 Å². The zero-order chi connectivity index (χ0) is 15.0. The molecule has 3 nitrogen and oxygen atoms in total. The molecule has 0 atom stereocenters. The molecule has 1 aromatic heterocycles. The number of amides is 1. The van der Waals surface area contributed by atoms with Gasteiger partial charge in [0.1, 0.15) is 4.88 Å². The maximum atomic E-state index is 12.4. The van der Waals surface area contributed by atoms with Crippen LogP contribution in [0.4, 0.5) is 11.4 Å². The van der Waals surface area contributed by atoms with Crippen molar-refractivity contribution in [1.82, 2.24) is 0 Å². The lowest BCUT2D eigenvalue weighted by Gasteiger charge is -2.04. The molecular formula is C16H13BrN2OS. The summed E-state index contributed by atoms with van der Waals surface area (Å²) < 4.78 is 1.95. The number of carbonyl (C=O) groups excluding carboxylic acids is 1. The van der Waals surface area contributed by atoms with Crippen LogP contribution in [0.1, 0.15) is 15.2 Å². The lowest BCUT2D eigenvalue weighted by Crippen LogP contribution is -2.11. The first-order chi connectivity index (χ1) is 10.0. The molecule has 0 saturated carbocycles. The molecule has 1 heterocycles. The minimum absolute atomic E-state index is 0.173. The van der Waals surface area contributed by atoms with Crippen LogP contribution in [0.2, 0.25) is 0 Å². The molecule has 5 heteroatoms. The molecule has 3 rings (SSSR count). The van der Waals surface area contributed by atoms with Crippen LogP contribution < -0.4 is 11.1 Å². The lowest BCUT2D eigenvalue weighted by molar-refractivity contribution is 0.103. The van der Waals surface area contributed by atoms with Crippen LogP contribution in [0, 0.1) is 6.92 Å². The Kier molecular flexibility index (Phi) is 3.69. The Balaban J connectivity index is 1.94. The van der Waals surface area contributed by atoms with E-state index in [-0.39, 0.29) is 5.91 Å². The predicted molar refractivity (Wildman–Crippen MR) is 93.1 cm³/mol. The number of nitrogens with one attached hydrogen (secondary N) is 1. The Morgan fingerprint density at radius 1 is 1.19 bits per heavy atom. The van der Waals surface area contributed by atoms with Gasteiger partial charge in [0.15, 0.2) is 0 Å². The fourth-order valence-corrected chi connectivity index (χ4v) is 3.44. The van der Waals surface area contributed by atoms with Gasteiger partial charge in [-0.1, -0.05) is 33.6 Å². The highest BCUT2D eigenvalue weighted by Gasteiger charge is 2.16. The summed E-state index contributed by atoms with van der Waals surface area (Å²) >= 11 is 4.83. The first-order valence-corrected chi connectivity index (χ1v) is 8.01. The number of halogens is 1. The summed E-state index contributed by atoms with van der Waals surface area (Å²) in [5, 5.41) is 3.79. The van der Waals surface area contributed by atoms with Gasteiger partial charge in [-0.2, -0.15) is 0 Å². The van der Waals surface area contributed by atoms with Crippen LogP contribution >= 0.6 is 27.3 Å². The summed E-state index contributed by atoms with van der Waals surface area (Å²) in [6.07, 6.45) is 0. The van der Waals surface area contributed by atoms with Gasteiger partial charge in [0.2, 0.25) is 0 Å². The fraction of sp³-hybridized carbons (Fsp3) is 0.0625. The second-order valence-electron chi connectivity index (χ2n) is 4.81. The van der Waals surface area contributed by atoms with Gasteiger partial charge < -0.3 is 11.1 Å². The molecule has 0 aliphatic carbocycles. The zero-order valence-electron chi connectivity index (χ0n) is 11.3. The first kappa shape index (κ1) is 14.1. The van der Waals surface area contributed by atoms with Crippen LogP contribution in [-0.4, -0.2) is 5.91 Å². The van der Waals surface area contributed by atoms with E-state index in [1.54, 1.807) is 0 Å². The number of nitrogen functional groups attached to an aromatic ring is 1. The maximum absolute atomic E-state index is 12.4. The molecular weight excluding hydrogens is 348 g/mol. The van der Waals surface area contributed by atoms with Crippen molar-refractivity contribution in [3.63, 3.8) is 0 Å². The number of carbonyl (C=O) groups is 1. The van der Waals surface area contributed by atoms with E-state index >= 15 is 0 Å². The number of fused-ring (bicyclic) bond motifs is 1. The minimum Gasteiger partial charge on any atom is -0.397 e. The average Bonchev–Trinajstić information content (AvgIpc) is 2.79. The summed E-state index contributed by atoms with van der Waals surface area (Å²) in [4.78, 5) is 12.9. The van der Waals surface area contributed by atoms with Crippen molar-refractivity contribution in [3.05, 3.63) is 57.4 Å². The van der Waals surface area contributed by atoms with Crippen molar-refractivity contribution in [2.45, 2.75) is 6.92 Å². The van der Waals surface area contributed by atoms with Crippen molar-refractivity contribution in [2.75, 3.05) is 11.1 Å². The maximum Gasteiger partial charge on any atom is 0.267 e. The van der Waals surface area contributed by atoms with E-state index in [1.807, 2.05) is 49.4 Å². The number of anilines is 2. The van der Waals surface area contributed by atoms with Gasteiger partial charge in [-0.3, -0.25) is 4.79 Å². The molecule has 0 radical (unpaired) electrons. The van der Waals surface area contributed by atoms with Crippen LogP contribution in [0.3, 0.4) is 0 Å². The molecule has 0 saturated heterocycles. The van der Waals surface area contributed by atoms with Crippen molar-refractivity contribution < 1.29 is 4.79 Å². The molecule has 0 spiro atoms. The van der Waals surface area contributed by atoms with Gasteiger partial charge in [-0.25, -0.2) is 0 Å². The Morgan fingerprint density at radius 2 is 1.90 bits per heavy atom. The number of hydrogen-bond acceptors (Lipinski definition) is 3. The third-order valence-corrected chi connectivity index (χ3v) is 4.88. The average molecular weight is 361 g/mol. The fourth-order valence-electron chi connectivity index (χ4n) is 2.08. The molecule has 0 aliphatic rings. The minimum atomic E-state index is -0.173. The summed E-state index contributed by atoms with van der Waals surface area (Å²) in [5.41, 5.74) is 8.56. The second kappa shape index (κ2) is 5.50.